The standard InChI is InChI=1S/C14H17ClF3N3O.ClH/c15-11-4-3-10(14(16,17)18)6-12(11)20-13(22)21-5-1-2-9(7-19)8-21;/h3-4,6,9H,1-2,5,7-8,19H2,(H,20,22);1H. The highest BCUT2D eigenvalue weighted by molar-refractivity contribution is 6.33. The number of nitrogens with zero attached hydrogens (tertiary/aromatic N) is 1. The molecule has 9 heteroatoms. The molecule has 3 N–H and O–H groups in total. The number of carbonyl (C=O) groups excluding carboxylic acids is 1. The molecule has 1 heterocycles. The number of amides is 2. The van der Waals surface area contributed by atoms with Crippen molar-refractivity contribution in [3.05, 3.63) is 28.8 Å². The quantitative estimate of drug-likeness (QED) is 0.825. The van der Waals surface area contributed by atoms with Gasteiger partial charge < -0.3 is 16.0 Å². The van der Waals surface area contributed by atoms with Gasteiger partial charge in [0.15, 0.2) is 0 Å². The molecule has 1 aromatic rings. The van der Waals surface area contributed by atoms with Crippen LogP contribution >= 0.6 is 24.0 Å². The monoisotopic (exact) mass is 371 g/mol. The van der Waals surface area contributed by atoms with Gasteiger partial charge in [-0.25, -0.2) is 4.79 Å². The van der Waals surface area contributed by atoms with Crippen molar-refractivity contribution < 1.29 is 18.0 Å². The number of urea groups is 1. The first kappa shape index (κ1) is 19.9. The van der Waals surface area contributed by atoms with Gasteiger partial charge in [0, 0.05) is 13.1 Å². The fraction of sp³-hybridized carbons (Fsp3) is 0.500. The van der Waals surface area contributed by atoms with E-state index >= 15 is 0 Å². The first-order valence-corrected chi connectivity index (χ1v) is 7.32. The Kier molecular flexibility index (Phi) is 6.98. The predicted octanol–water partition coefficient (Wildman–Crippen LogP) is 3.98. The fourth-order valence-corrected chi connectivity index (χ4v) is 2.60. The maximum atomic E-state index is 12.7. The molecule has 1 unspecified atom stereocenters. The molecule has 0 bridgehead atoms. The van der Waals surface area contributed by atoms with Gasteiger partial charge in [-0.15, -0.1) is 12.4 Å². The number of rotatable bonds is 2. The Hall–Kier alpha value is -1.18. The normalized spacial score (nSPS) is 18.3. The maximum Gasteiger partial charge on any atom is 0.416 e. The molecule has 0 saturated carbocycles. The second-order valence-electron chi connectivity index (χ2n) is 5.31. The minimum absolute atomic E-state index is 0. The van der Waals surface area contributed by atoms with E-state index in [9.17, 15) is 18.0 Å². The predicted molar refractivity (Wildman–Crippen MR) is 86.1 cm³/mol. The van der Waals surface area contributed by atoms with Crippen LogP contribution in [0.5, 0.6) is 0 Å². The zero-order chi connectivity index (χ0) is 16.3. The number of nitrogens with two attached hydrogens (primary N) is 1. The van der Waals surface area contributed by atoms with E-state index in [1.807, 2.05) is 0 Å². The summed E-state index contributed by atoms with van der Waals surface area (Å²) in [6.07, 6.45) is -2.71. The van der Waals surface area contributed by atoms with Crippen LogP contribution in [-0.4, -0.2) is 30.6 Å². The third-order valence-corrected chi connectivity index (χ3v) is 4.00. The SMILES string of the molecule is Cl.NCC1CCCN(C(=O)Nc2cc(C(F)(F)F)ccc2Cl)C1. The van der Waals surface area contributed by atoms with Gasteiger partial charge in [-0.05, 0) is 43.5 Å². The summed E-state index contributed by atoms with van der Waals surface area (Å²) in [5.74, 6) is 0.219. The number of alkyl halides is 3. The molecule has 0 aliphatic carbocycles. The van der Waals surface area contributed by atoms with E-state index in [0.29, 0.717) is 19.6 Å². The first-order chi connectivity index (χ1) is 10.3. The molecular formula is C14H18Cl2F3N3O. The highest BCUT2D eigenvalue weighted by Crippen LogP contribution is 2.34. The molecule has 1 aliphatic rings. The summed E-state index contributed by atoms with van der Waals surface area (Å²) < 4.78 is 38.1. The van der Waals surface area contributed by atoms with Gasteiger partial charge in [-0.3, -0.25) is 0 Å². The zero-order valence-corrected chi connectivity index (χ0v) is 13.8. The molecule has 23 heavy (non-hydrogen) atoms. The number of hydrogen-bond donors (Lipinski definition) is 2. The topological polar surface area (TPSA) is 58.4 Å². The lowest BCUT2D eigenvalue weighted by molar-refractivity contribution is -0.137. The molecule has 0 spiro atoms. The van der Waals surface area contributed by atoms with Crippen LogP contribution in [0.2, 0.25) is 5.02 Å². The van der Waals surface area contributed by atoms with E-state index in [0.717, 1.165) is 31.0 Å². The molecule has 1 aromatic carbocycles. The Morgan fingerprint density at radius 3 is 2.74 bits per heavy atom. The zero-order valence-electron chi connectivity index (χ0n) is 12.2. The van der Waals surface area contributed by atoms with Crippen LogP contribution < -0.4 is 11.1 Å². The number of likely N-dealkylation sites (tertiary alicyclic amines) is 1. The van der Waals surface area contributed by atoms with Gasteiger partial charge in [0.1, 0.15) is 0 Å². The maximum absolute atomic E-state index is 12.7. The van der Waals surface area contributed by atoms with Crippen molar-refractivity contribution in [1.82, 2.24) is 4.90 Å². The summed E-state index contributed by atoms with van der Waals surface area (Å²) in [7, 11) is 0. The van der Waals surface area contributed by atoms with Crippen LogP contribution in [0.3, 0.4) is 0 Å². The molecule has 1 aliphatic heterocycles. The van der Waals surface area contributed by atoms with Gasteiger partial charge in [-0.1, -0.05) is 11.6 Å². The van der Waals surface area contributed by atoms with Crippen LogP contribution in [-0.2, 0) is 6.18 Å². The number of carbonyl (C=O) groups is 1. The molecule has 2 rings (SSSR count). The summed E-state index contributed by atoms with van der Waals surface area (Å²) in [4.78, 5) is 13.7. The van der Waals surface area contributed by atoms with Crippen molar-refractivity contribution in [2.24, 2.45) is 11.7 Å². The Morgan fingerprint density at radius 2 is 2.13 bits per heavy atom. The average Bonchev–Trinajstić information content (AvgIpc) is 2.48. The number of nitrogens with one attached hydrogen (secondary N) is 1. The third-order valence-electron chi connectivity index (χ3n) is 3.67. The summed E-state index contributed by atoms with van der Waals surface area (Å²) in [6.45, 7) is 1.53. The minimum Gasteiger partial charge on any atom is -0.330 e. The van der Waals surface area contributed by atoms with E-state index in [-0.39, 0.29) is 29.0 Å². The molecule has 2 amide bonds. The van der Waals surface area contributed by atoms with Crippen molar-refractivity contribution in [3.8, 4) is 0 Å². The molecule has 1 fully saturated rings. The molecule has 4 nitrogen and oxygen atoms in total. The molecule has 0 aromatic heterocycles. The number of anilines is 1. The third kappa shape index (κ3) is 5.16. The van der Waals surface area contributed by atoms with Crippen LogP contribution in [0, 0.1) is 5.92 Å². The summed E-state index contributed by atoms with van der Waals surface area (Å²) in [5, 5.41) is 2.51. The lowest BCUT2D eigenvalue weighted by Gasteiger charge is -2.32. The van der Waals surface area contributed by atoms with E-state index in [2.05, 4.69) is 5.32 Å². The summed E-state index contributed by atoms with van der Waals surface area (Å²) >= 11 is 5.86. The van der Waals surface area contributed by atoms with Crippen molar-refractivity contribution in [2.75, 3.05) is 25.0 Å². The average molecular weight is 372 g/mol. The fourth-order valence-electron chi connectivity index (χ4n) is 2.43. The number of piperidine rings is 1. The lowest BCUT2D eigenvalue weighted by Crippen LogP contribution is -2.44. The summed E-state index contributed by atoms with van der Waals surface area (Å²) in [5.41, 5.74) is 4.70. The van der Waals surface area contributed by atoms with Gasteiger partial charge in [0.2, 0.25) is 0 Å². The van der Waals surface area contributed by atoms with Crippen molar-refractivity contribution >= 4 is 35.7 Å². The largest absolute Gasteiger partial charge is 0.416 e. The number of hydrogen-bond acceptors (Lipinski definition) is 2. The minimum atomic E-state index is -4.49. The van der Waals surface area contributed by atoms with Gasteiger partial charge in [0.05, 0.1) is 16.3 Å². The van der Waals surface area contributed by atoms with Crippen LogP contribution in [0.25, 0.3) is 0 Å². The molecular weight excluding hydrogens is 354 g/mol. The molecule has 130 valence electrons. The Morgan fingerprint density at radius 1 is 1.43 bits per heavy atom. The second-order valence-corrected chi connectivity index (χ2v) is 5.72. The van der Waals surface area contributed by atoms with Crippen molar-refractivity contribution in [1.29, 1.82) is 0 Å². The van der Waals surface area contributed by atoms with Crippen LogP contribution in [0.15, 0.2) is 18.2 Å². The Labute approximate surface area is 143 Å². The molecule has 1 saturated heterocycles. The van der Waals surface area contributed by atoms with E-state index in [1.54, 1.807) is 4.90 Å². The van der Waals surface area contributed by atoms with Gasteiger partial charge >= 0.3 is 12.2 Å². The van der Waals surface area contributed by atoms with Crippen LogP contribution in [0.4, 0.5) is 23.7 Å². The number of benzene rings is 1. The highest BCUT2D eigenvalue weighted by atomic mass is 35.5. The van der Waals surface area contributed by atoms with E-state index in [1.165, 1.54) is 0 Å². The van der Waals surface area contributed by atoms with E-state index in [4.69, 9.17) is 17.3 Å². The van der Waals surface area contributed by atoms with Crippen molar-refractivity contribution in [2.45, 2.75) is 19.0 Å². The molecule has 0 radical (unpaired) electrons. The van der Waals surface area contributed by atoms with Crippen molar-refractivity contribution in [3.63, 3.8) is 0 Å². The van der Waals surface area contributed by atoms with Gasteiger partial charge in [-0.2, -0.15) is 13.2 Å². The smallest absolute Gasteiger partial charge is 0.330 e. The Balaban J connectivity index is 0.00000264. The second kappa shape index (κ2) is 8.08. The highest BCUT2D eigenvalue weighted by Gasteiger charge is 2.31. The lowest BCUT2D eigenvalue weighted by atomic mass is 9.99. The van der Waals surface area contributed by atoms with E-state index < -0.39 is 17.8 Å². The number of halogens is 5. The first-order valence-electron chi connectivity index (χ1n) is 6.94. The summed E-state index contributed by atoms with van der Waals surface area (Å²) in [6, 6.07) is 2.38. The van der Waals surface area contributed by atoms with Gasteiger partial charge in [0.25, 0.3) is 0 Å². The molecule has 1 atom stereocenters. The van der Waals surface area contributed by atoms with Crippen LogP contribution in [0.1, 0.15) is 18.4 Å². The Bertz CT molecular complexity index is 555.